The van der Waals surface area contributed by atoms with Crippen LogP contribution >= 0.6 is 0 Å². The molecule has 2 aromatic rings. The number of methoxy groups -OCH3 is 1. The molecule has 0 atom stereocenters. The first-order valence-electron chi connectivity index (χ1n) is 7.95. The molecule has 1 aliphatic heterocycles. The highest BCUT2D eigenvalue weighted by Crippen LogP contribution is 2.29. The number of rotatable bonds is 4. The molecule has 0 bridgehead atoms. The molecule has 1 fully saturated rings. The Morgan fingerprint density at radius 1 is 1.04 bits per heavy atom. The largest absolute Gasteiger partial charge is 0.481 e. The first-order valence-corrected chi connectivity index (χ1v) is 7.95. The number of benzene rings is 1. The lowest BCUT2D eigenvalue weighted by Crippen LogP contribution is -2.46. The number of hydrogen-bond donors (Lipinski definition) is 0. The van der Waals surface area contributed by atoms with Crippen LogP contribution in [-0.4, -0.2) is 48.2 Å². The highest BCUT2D eigenvalue weighted by Gasteiger charge is 2.30. The molecule has 5 nitrogen and oxygen atoms in total. The average molecular weight is 352 g/mol. The monoisotopic (exact) mass is 352 g/mol. The lowest BCUT2D eigenvalue weighted by molar-refractivity contribution is -0.137. The summed E-state index contributed by atoms with van der Waals surface area (Å²) in [7, 11) is 1.56. The number of alkyl halides is 3. The van der Waals surface area contributed by atoms with E-state index in [1.54, 1.807) is 25.3 Å². The van der Waals surface area contributed by atoms with E-state index in [1.165, 1.54) is 6.33 Å². The Labute approximate surface area is 144 Å². The molecule has 0 radical (unpaired) electrons. The minimum Gasteiger partial charge on any atom is -0.481 e. The van der Waals surface area contributed by atoms with Crippen molar-refractivity contribution >= 4 is 5.82 Å². The zero-order valence-electron chi connectivity index (χ0n) is 13.8. The molecule has 1 aromatic carbocycles. The molecule has 0 spiro atoms. The fourth-order valence-corrected chi connectivity index (χ4v) is 2.81. The minimum atomic E-state index is -4.29. The topological polar surface area (TPSA) is 41.5 Å². The van der Waals surface area contributed by atoms with Gasteiger partial charge in [0.05, 0.1) is 12.7 Å². The second kappa shape index (κ2) is 7.26. The predicted molar refractivity (Wildman–Crippen MR) is 87.5 cm³/mol. The summed E-state index contributed by atoms with van der Waals surface area (Å²) in [6.07, 6.45) is -2.81. The van der Waals surface area contributed by atoms with Crippen molar-refractivity contribution in [3.63, 3.8) is 0 Å². The summed E-state index contributed by atoms with van der Waals surface area (Å²) in [6, 6.07) is 7.16. The van der Waals surface area contributed by atoms with Gasteiger partial charge in [0.1, 0.15) is 12.1 Å². The fraction of sp³-hybridized carbons (Fsp3) is 0.412. The quantitative estimate of drug-likeness (QED) is 0.846. The van der Waals surface area contributed by atoms with Crippen LogP contribution in [0.4, 0.5) is 19.0 Å². The van der Waals surface area contributed by atoms with Gasteiger partial charge in [-0.1, -0.05) is 12.1 Å². The maximum Gasteiger partial charge on any atom is 0.416 e. The van der Waals surface area contributed by atoms with E-state index in [4.69, 9.17) is 4.74 Å². The number of piperazine rings is 1. The van der Waals surface area contributed by atoms with Crippen molar-refractivity contribution in [2.24, 2.45) is 0 Å². The summed E-state index contributed by atoms with van der Waals surface area (Å²) in [5, 5.41) is 0. The lowest BCUT2D eigenvalue weighted by Gasteiger charge is -2.35. The first kappa shape index (κ1) is 17.5. The highest BCUT2D eigenvalue weighted by molar-refractivity contribution is 5.41. The number of anilines is 1. The van der Waals surface area contributed by atoms with Gasteiger partial charge in [0.25, 0.3) is 0 Å². The molecule has 2 heterocycles. The molecule has 3 rings (SSSR count). The smallest absolute Gasteiger partial charge is 0.416 e. The van der Waals surface area contributed by atoms with Crippen LogP contribution < -0.4 is 9.64 Å². The van der Waals surface area contributed by atoms with Crippen molar-refractivity contribution in [1.29, 1.82) is 0 Å². The third kappa shape index (κ3) is 4.39. The summed E-state index contributed by atoms with van der Waals surface area (Å²) in [6.45, 7) is 3.85. The Kier molecular flexibility index (Phi) is 5.08. The summed E-state index contributed by atoms with van der Waals surface area (Å²) in [4.78, 5) is 12.6. The molecule has 0 saturated carbocycles. The Morgan fingerprint density at radius 3 is 2.32 bits per heavy atom. The van der Waals surface area contributed by atoms with Crippen molar-refractivity contribution < 1.29 is 17.9 Å². The van der Waals surface area contributed by atoms with Gasteiger partial charge in [0.2, 0.25) is 5.88 Å². The number of aromatic nitrogens is 2. The molecular weight excluding hydrogens is 333 g/mol. The number of ether oxygens (including phenoxy) is 1. The van der Waals surface area contributed by atoms with Crippen LogP contribution in [0.2, 0.25) is 0 Å². The fourth-order valence-electron chi connectivity index (χ4n) is 2.81. The summed E-state index contributed by atoms with van der Waals surface area (Å²) < 4.78 is 42.9. The molecule has 0 aliphatic carbocycles. The van der Waals surface area contributed by atoms with E-state index in [-0.39, 0.29) is 0 Å². The van der Waals surface area contributed by atoms with Crippen molar-refractivity contribution in [3.05, 3.63) is 47.8 Å². The van der Waals surface area contributed by atoms with Gasteiger partial charge in [0, 0.05) is 38.8 Å². The molecule has 1 saturated heterocycles. The van der Waals surface area contributed by atoms with Gasteiger partial charge in [-0.25, -0.2) is 9.97 Å². The Morgan fingerprint density at radius 2 is 1.72 bits per heavy atom. The molecule has 0 unspecified atom stereocenters. The highest BCUT2D eigenvalue weighted by atomic mass is 19.4. The van der Waals surface area contributed by atoms with E-state index in [2.05, 4.69) is 19.8 Å². The van der Waals surface area contributed by atoms with Gasteiger partial charge in [-0.3, -0.25) is 4.90 Å². The Bertz CT molecular complexity index is 698. The van der Waals surface area contributed by atoms with Gasteiger partial charge in [-0.05, 0) is 17.7 Å². The van der Waals surface area contributed by atoms with Crippen molar-refractivity contribution in [1.82, 2.24) is 14.9 Å². The van der Waals surface area contributed by atoms with Gasteiger partial charge in [-0.2, -0.15) is 13.2 Å². The maximum absolute atomic E-state index is 12.6. The average Bonchev–Trinajstić information content (AvgIpc) is 2.62. The SMILES string of the molecule is COc1cc(N2CCN(Cc3ccc(C(F)(F)F)cc3)CC2)ncn1. The van der Waals surface area contributed by atoms with Crippen molar-refractivity contribution in [2.75, 3.05) is 38.2 Å². The molecule has 0 amide bonds. The second-order valence-electron chi connectivity index (χ2n) is 5.88. The molecule has 25 heavy (non-hydrogen) atoms. The van der Waals surface area contributed by atoms with Crippen LogP contribution in [0, 0.1) is 0 Å². The zero-order chi connectivity index (χ0) is 17.9. The van der Waals surface area contributed by atoms with Crippen LogP contribution in [0.1, 0.15) is 11.1 Å². The van der Waals surface area contributed by atoms with Gasteiger partial charge in [-0.15, -0.1) is 0 Å². The Hall–Kier alpha value is -2.35. The van der Waals surface area contributed by atoms with Crippen molar-refractivity contribution in [2.45, 2.75) is 12.7 Å². The third-order valence-electron chi connectivity index (χ3n) is 4.22. The number of hydrogen-bond acceptors (Lipinski definition) is 5. The van der Waals surface area contributed by atoms with E-state index in [1.807, 2.05) is 0 Å². The Balaban J connectivity index is 1.55. The van der Waals surface area contributed by atoms with E-state index in [0.717, 1.165) is 49.7 Å². The molecule has 1 aliphatic rings. The van der Waals surface area contributed by atoms with Crippen LogP contribution in [0.5, 0.6) is 5.88 Å². The van der Waals surface area contributed by atoms with E-state index >= 15 is 0 Å². The summed E-state index contributed by atoms with van der Waals surface area (Å²) in [5.41, 5.74) is 0.268. The number of nitrogens with zero attached hydrogens (tertiary/aromatic N) is 4. The summed E-state index contributed by atoms with van der Waals surface area (Å²) in [5.74, 6) is 1.35. The van der Waals surface area contributed by atoms with Gasteiger partial charge < -0.3 is 9.64 Å². The van der Waals surface area contributed by atoms with E-state index in [0.29, 0.717) is 12.4 Å². The third-order valence-corrected chi connectivity index (χ3v) is 4.22. The number of halogens is 3. The molecule has 1 aromatic heterocycles. The van der Waals surface area contributed by atoms with Crippen LogP contribution in [0.25, 0.3) is 0 Å². The van der Waals surface area contributed by atoms with E-state index < -0.39 is 11.7 Å². The lowest BCUT2D eigenvalue weighted by atomic mass is 10.1. The van der Waals surface area contributed by atoms with Crippen LogP contribution in [0.15, 0.2) is 36.7 Å². The maximum atomic E-state index is 12.6. The second-order valence-corrected chi connectivity index (χ2v) is 5.88. The van der Waals surface area contributed by atoms with Gasteiger partial charge in [0.15, 0.2) is 0 Å². The van der Waals surface area contributed by atoms with Gasteiger partial charge >= 0.3 is 6.18 Å². The molecule has 0 N–H and O–H groups in total. The zero-order valence-corrected chi connectivity index (χ0v) is 13.8. The standard InChI is InChI=1S/C17H19F3N4O/c1-25-16-10-15(21-12-22-16)24-8-6-23(7-9-24)11-13-2-4-14(5-3-13)17(18,19)20/h2-5,10,12H,6-9,11H2,1H3. The van der Waals surface area contributed by atoms with Crippen molar-refractivity contribution in [3.8, 4) is 5.88 Å². The molecule has 8 heteroatoms. The molecular formula is C17H19F3N4O. The van der Waals surface area contributed by atoms with Crippen LogP contribution in [0.3, 0.4) is 0 Å². The molecule has 134 valence electrons. The first-order chi connectivity index (χ1) is 12.0. The van der Waals surface area contributed by atoms with Crippen LogP contribution in [-0.2, 0) is 12.7 Å². The van der Waals surface area contributed by atoms with E-state index in [9.17, 15) is 13.2 Å². The normalized spacial score (nSPS) is 16.1. The minimum absolute atomic E-state index is 0.525. The predicted octanol–water partition coefficient (Wildman–Crippen LogP) is 2.83. The summed E-state index contributed by atoms with van der Waals surface area (Å²) >= 11 is 0.